The predicted octanol–water partition coefficient (Wildman–Crippen LogP) is 1.90. The Morgan fingerprint density at radius 1 is 1.18 bits per heavy atom. The van der Waals surface area contributed by atoms with Gasteiger partial charge in [0.05, 0.1) is 25.3 Å². The Balaban J connectivity index is 2.44. The fourth-order valence-electron chi connectivity index (χ4n) is 1.88. The van der Waals surface area contributed by atoms with Gasteiger partial charge >= 0.3 is 0 Å². The molecule has 0 aliphatic rings. The van der Waals surface area contributed by atoms with E-state index in [0.29, 0.717) is 11.5 Å². The van der Waals surface area contributed by atoms with Crippen LogP contribution in [-0.2, 0) is 0 Å². The quantitative estimate of drug-likeness (QED) is 0.673. The molecule has 0 aliphatic carbocycles. The summed E-state index contributed by atoms with van der Waals surface area (Å²) in [5.41, 5.74) is 2.50. The van der Waals surface area contributed by atoms with E-state index in [1.165, 1.54) is 0 Å². The molecule has 0 amide bonds. The van der Waals surface area contributed by atoms with Crippen molar-refractivity contribution < 1.29 is 9.47 Å². The highest BCUT2D eigenvalue weighted by Gasteiger charge is 2.09. The molecule has 5 nitrogen and oxygen atoms in total. The number of ether oxygens (including phenoxy) is 2. The molecule has 2 aromatic heterocycles. The summed E-state index contributed by atoms with van der Waals surface area (Å²) in [5, 5.41) is 0. The number of aromatic nitrogens is 3. The number of methoxy groups -OCH3 is 2. The van der Waals surface area contributed by atoms with Crippen LogP contribution >= 0.6 is 0 Å². The monoisotopic (exact) mass is 229 g/mol. The molecule has 0 unspecified atom stereocenters. The normalized spacial score (nSPS) is 10.9. The van der Waals surface area contributed by atoms with Crippen LogP contribution in [0.15, 0.2) is 30.6 Å². The molecule has 0 saturated heterocycles. The Morgan fingerprint density at radius 3 is 2.82 bits per heavy atom. The Morgan fingerprint density at radius 2 is 2.06 bits per heavy atom. The third-order valence-corrected chi connectivity index (χ3v) is 2.69. The van der Waals surface area contributed by atoms with Crippen molar-refractivity contribution in [2.75, 3.05) is 14.2 Å². The van der Waals surface area contributed by atoms with Crippen LogP contribution in [0.1, 0.15) is 0 Å². The maximum absolute atomic E-state index is 5.23. The van der Waals surface area contributed by atoms with Crippen LogP contribution in [0.4, 0.5) is 0 Å². The van der Waals surface area contributed by atoms with Gasteiger partial charge in [-0.25, -0.2) is 9.97 Å². The minimum atomic E-state index is 0.510. The average Bonchev–Trinajstić information content (AvgIpc) is 2.86. The second-order valence-corrected chi connectivity index (χ2v) is 3.60. The van der Waals surface area contributed by atoms with Gasteiger partial charge in [0.2, 0.25) is 5.65 Å². The summed E-state index contributed by atoms with van der Waals surface area (Å²) in [4.78, 5) is 8.64. The highest BCUT2D eigenvalue weighted by Crippen LogP contribution is 2.24. The zero-order chi connectivity index (χ0) is 11.8. The molecule has 0 radical (unpaired) electrons. The lowest BCUT2D eigenvalue weighted by Gasteiger charge is -2.07. The van der Waals surface area contributed by atoms with Crippen LogP contribution in [0, 0.1) is 0 Å². The standard InChI is InChI=1S/C12H11N3O2/c1-16-8-3-4-10-9(7-8)14-12(17-2)11-13-5-6-15(10)11/h3-7H,1-2H3. The molecule has 3 rings (SSSR count). The average molecular weight is 229 g/mol. The zero-order valence-electron chi connectivity index (χ0n) is 9.54. The number of hydrogen-bond donors (Lipinski definition) is 0. The van der Waals surface area contributed by atoms with Crippen LogP contribution < -0.4 is 9.47 Å². The molecule has 17 heavy (non-hydrogen) atoms. The number of nitrogens with zero attached hydrogens (tertiary/aromatic N) is 3. The van der Waals surface area contributed by atoms with Gasteiger partial charge in [0.15, 0.2) is 0 Å². The van der Waals surface area contributed by atoms with Gasteiger partial charge in [0, 0.05) is 18.5 Å². The fraction of sp³-hybridized carbons (Fsp3) is 0.167. The topological polar surface area (TPSA) is 48.7 Å². The van der Waals surface area contributed by atoms with Crippen LogP contribution in [0.2, 0.25) is 0 Å². The molecule has 0 N–H and O–H groups in total. The predicted molar refractivity (Wildman–Crippen MR) is 63.6 cm³/mol. The fourth-order valence-corrected chi connectivity index (χ4v) is 1.88. The molecule has 2 heterocycles. The van der Waals surface area contributed by atoms with Gasteiger partial charge < -0.3 is 9.47 Å². The molecule has 3 aromatic rings. The van der Waals surface area contributed by atoms with Crippen molar-refractivity contribution in [1.82, 2.24) is 14.4 Å². The van der Waals surface area contributed by atoms with E-state index in [1.807, 2.05) is 28.8 Å². The van der Waals surface area contributed by atoms with Crippen molar-refractivity contribution in [3.63, 3.8) is 0 Å². The maximum atomic E-state index is 5.23. The third-order valence-electron chi connectivity index (χ3n) is 2.69. The Bertz CT molecular complexity index is 691. The first kappa shape index (κ1) is 9.89. The first-order chi connectivity index (χ1) is 8.33. The van der Waals surface area contributed by atoms with Crippen LogP contribution in [0.3, 0.4) is 0 Å². The zero-order valence-corrected chi connectivity index (χ0v) is 9.54. The van der Waals surface area contributed by atoms with Gasteiger partial charge in [-0.1, -0.05) is 0 Å². The number of benzene rings is 1. The lowest BCUT2D eigenvalue weighted by molar-refractivity contribution is 0.401. The van der Waals surface area contributed by atoms with Crippen molar-refractivity contribution in [3.8, 4) is 11.6 Å². The van der Waals surface area contributed by atoms with E-state index < -0.39 is 0 Å². The van der Waals surface area contributed by atoms with Crippen molar-refractivity contribution in [1.29, 1.82) is 0 Å². The van der Waals surface area contributed by atoms with Crippen molar-refractivity contribution in [2.45, 2.75) is 0 Å². The molecular weight excluding hydrogens is 218 g/mol. The summed E-state index contributed by atoms with van der Waals surface area (Å²) in [6.07, 6.45) is 3.61. The summed E-state index contributed by atoms with van der Waals surface area (Å²) in [7, 11) is 3.22. The minimum absolute atomic E-state index is 0.510. The molecule has 0 spiro atoms. The maximum Gasteiger partial charge on any atom is 0.258 e. The van der Waals surface area contributed by atoms with Crippen LogP contribution in [-0.4, -0.2) is 28.6 Å². The van der Waals surface area contributed by atoms with E-state index in [9.17, 15) is 0 Å². The second kappa shape index (κ2) is 3.62. The largest absolute Gasteiger partial charge is 0.497 e. The Kier molecular flexibility index (Phi) is 2.11. The molecule has 0 aliphatic heterocycles. The van der Waals surface area contributed by atoms with Gasteiger partial charge in [-0.05, 0) is 12.1 Å². The number of hydrogen-bond acceptors (Lipinski definition) is 4. The van der Waals surface area contributed by atoms with E-state index in [2.05, 4.69) is 9.97 Å². The lowest BCUT2D eigenvalue weighted by Crippen LogP contribution is -1.96. The number of rotatable bonds is 2. The molecule has 1 aromatic carbocycles. The van der Waals surface area contributed by atoms with E-state index in [-0.39, 0.29) is 0 Å². The number of imidazole rings is 1. The molecule has 0 bridgehead atoms. The Hall–Kier alpha value is -2.30. The molecule has 0 fully saturated rings. The van der Waals surface area contributed by atoms with E-state index >= 15 is 0 Å². The minimum Gasteiger partial charge on any atom is -0.497 e. The smallest absolute Gasteiger partial charge is 0.258 e. The van der Waals surface area contributed by atoms with Crippen LogP contribution in [0.5, 0.6) is 11.6 Å². The SMILES string of the molecule is COc1ccc2c(c1)nc(OC)c1nccn12. The van der Waals surface area contributed by atoms with Crippen molar-refractivity contribution in [3.05, 3.63) is 30.6 Å². The van der Waals surface area contributed by atoms with E-state index in [0.717, 1.165) is 16.8 Å². The first-order valence-corrected chi connectivity index (χ1v) is 5.18. The first-order valence-electron chi connectivity index (χ1n) is 5.18. The summed E-state index contributed by atoms with van der Waals surface area (Å²) in [6, 6.07) is 5.72. The molecule has 86 valence electrons. The highest BCUT2D eigenvalue weighted by atomic mass is 16.5. The summed E-state index contributed by atoms with van der Waals surface area (Å²) in [5.74, 6) is 1.28. The highest BCUT2D eigenvalue weighted by molar-refractivity contribution is 5.81. The summed E-state index contributed by atoms with van der Waals surface area (Å²) < 4.78 is 12.4. The van der Waals surface area contributed by atoms with Gasteiger partial charge in [-0.2, -0.15) is 0 Å². The molecular formula is C12H11N3O2. The van der Waals surface area contributed by atoms with E-state index in [1.54, 1.807) is 20.4 Å². The Labute approximate surface area is 97.6 Å². The summed E-state index contributed by atoms with van der Waals surface area (Å²) in [6.45, 7) is 0. The lowest BCUT2D eigenvalue weighted by atomic mass is 10.3. The van der Waals surface area contributed by atoms with Gasteiger partial charge in [-0.15, -0.1) is 0 Å². The van der Waals surface area contributed by atoms with Gasteiger partial charge in [0.1, 0.15) is 5.75 Å². The molecule has 0 atom stereocenters. The summed E-state index contributed by atoms with van der Waals surface area (Å²) >= 11 is 0. The molecule has 0 saturated carbocycles. The van der Waals surface area contributed by atoms with Crippen molar-refractivity contribution >= 4 is 16.7 Å². The third kappa shape index (κ3) is 1.39. The van der Waals surface area contributed by atoms with Gasteiger partial charge in [0.25, 0.3) is 5.88 Å². The van der Waals surface area contributed by atoms with Gasteiger partial charge in [-0.3, -0.25) is 4.40 Å². The molecule has 5 heteroatoms. The van der Waals surface area contributed by atoms with E-state index in [4.69, 9.17) is 9.47 Å². The number of fused-ring (bicyclic) bond motifs is 3. The second-order valence-electron chi connectivity index (χ2n) is 3.60. The van der Waals surface area contributed by atoms with Crippen molar-refractivity contribution in [2.24, 2.45) is 0 Å². The van der Waals surface area contributed by atoms with Crippen LogP contribution in [0.25, 0.3) is 16.7 Å².